The Labute approximate surface area is 101 Å². The maximum atomic E-state index is 5.15. The number of benzene rings is 1. The smallest absolute Gasteiger partial charge is 0.170 e. The van der Waals surface area contributed by atoms with Crippen molar-refractivity contribution in [2.45, 2.75) is 24.8 Å². The molecule has 1 rings (SSSR count). The highest BCUT2D eigenvalue weighted by molar-refractivity contribution is 7.98. The summed E-state index contributed by atoms with van der Waals surface area (Å²) in [6.45, 7) is 4.12. The Balaban J connectivity index is 2.53. The Bertz CT molecular complexity index is 320. The van der Waals surface area contributed by atoms with Crippen LogP contribution in [0.25, 0.3) is 0 Å². The van der Waals surface area contributed by atoms with Gasteiger partial charge in [-0.2, -0.15) is 0 Å². The summed E-state index contributed by atoms with van der Waals surface area (Å²) >= 11 is 6.88. The zero-order valence-electron chi connectivity index (χ0n) is 9.20. The molecule has 0 bridgehead atoms. The van der Waals surface area contributed by atoms with E-state index >= 15 is 0 Å². The summed E-state index contributed by atoms with van der Waals surface area (Å²) in [4.78, 5) is 1.25. The highest BCUT2D eigenvalue weighted by Gasteiger charge is 1.99. The second-order valence-corrected chi connectivity index (χ2v) is 4.77. The molecule has 0 aliphatic rings. The fourth-order valence-electron chi connectivity index (χ4n) is 1.10. The van der Waals surface area contributed by atoms with Crippen molar-refractivity contribution >= 4 is 34.8 Å². The first-order valence-electron chi connectivity index (χ1n) is 4.83. The standard InChI is InChI=1S/C11H16N2S2/c1-8(2)12-11(14)13-9-4-6-10(15-3)7-5-9/h4-8H,1-3H3,(H2,12,13,14). The lowest BCUT2D eigenvalue weighted by Gasteiger charge is -2.13. The molecule has 0 spiro atoms. The Hall–Kier alpha value is -0.740. The van der Waals surface area contributed by atoms with E-state index in [4.69, 9.17) is 12.2 Å². The van der Waals surface area contributed by atoms with Crippen LogP contribution in [0.3, 0.4) is 0 Å². The summed E-state index contributed by atoms with van der Waals surface area (Å²) in [5.41, 5.74) is 1.02. The van der Waals surface area contributed by atoms with Crippen LogP contribution in [-0.2, 0) is 0 Å². The molecule has 0 aliphatic heterocycles. The van der Waals surface area contributed by atoms with Gasteiger partial charge >= 0.3 is 0 Å². The summed E-state index contributed by atoms with van der Waals surface area (Å²) < 4.78 is 0. The molecule has 15 heavy (non-hydrogen) atoms. The lowest BCUT2D eigenvalue weighted by molar-refractivity contribution is 0.739. The van der Waals surface area contributed by atoms with Gasteiger partial charge in [0.05, 0.1) is 0 Å². The van der Waals surface area contributed by atoms with Crippen molar-refractivity contribution in [1.82, 2.24) is 5.32 Å². The number of rotatable bonds is 3. The van der Waals surface area contributed by atoms with Crippen LogP contribution in [0.4, 0.5) is 5.69 Å². The average molecular weight is 240 g/mol. The van der Waals surface area contributed by atoms with Crippen LogP contribution in [-0.4, -0.2) is 17.4 Å². The summed E-state index contributed by atoms with van der Waals surface area (Å²) in [5, 5.41) is 6.94. The van der Waals surface area contributed by atoms with Crippen LogP contribution in [0.15, 0.2) is 29.2 Å². The van der Waals surface area contributed by atoms with Crippen molar-refractivity contribution in [2.24, 2.45) is 0 Å². The van der Waals surface area contributed by atoms with E-state index in [-0.39, 0.29) is 0 Å². The summed E-state index contributed by atoms with van der Waals surface area (Å²) in [7, 11) is 0. The van der Waals surface area contributed by atoms with Crippen LogP contribution < -0.4 is 10.6 Å². The van der Waals surface area contributed by atoms with E-state index in [9.17, 15) is 0 Å². The van der Waals surface area contributed by atoms with Gasteiger partial charge in [-0.3, -0.25) is 0 Å². The van der Waals surface area contributed by atoms with Crippen LogP contribution in [0.5, 0.6) is 0 Å². The molecule has 2 N–H and O–H groups in total. The van der Waals surface area contributed by atoms with Crippen LogP contribution in [0.2, 0.25) is 0 Å². The van der Waals surface area contributed by atoms with Crippen molar-refractivity contribution in [3.05, 3.63) is 24.3 Å². The van der Waals surface area contributed by atoms with Gasteiger partial charge in [0.15, 0.2) is 5.11 Å². The van der Waals surface area contributed by atoms with Gasteiger partial charge < -0.3 is 10.6 Å². The lowest BCUT2D eigenvalue weighted by atomic mass is 10.3. The van der Waals surface area contributed by atoms with Crippen molar-refractivity contribution < 1.29 is 0 Å². The first-order chi connectivity index (χ1) is 7.11. The Kier molecular flexibility index (Phi) is 4.91. The van der Waals surface area contributed by atoms with E-state index in [1.165, 1.54) is 4.90 Å². The highest BCUT2D eigenvalue weighted by atomic mass is 32.2. The molecule has 0 unspecified atom stereocenters. The van der Waals surface area contributed by atoms with E-state index in [1.54, 1.807) is 11.8 Å². The summed E-state index contributed by atoms with van der Waals surface area (Å²) in [6, 6.07) is 8.56. The number of thioether (sulfide) groups is 1. The average Bonchev–Trinajstić information content (AvgIpc) is 2.17. The first kappa shape index (κ1) is 12.3. The van der Waals surface area contributed by atoms with Gasteiger partial charge in [0.25, 0.3) is 0 Å². The molecule has 82 valence electrons. The van der Waals surface area contributed by atoms with Gasteiger partial charge in [-0.15, -0.1) is 11.8 Å². The molecule has 0 saturated heterocycles. The first-order valence-corrected chi connectivity index (χ1v) is 6.46. The monoisotopic (exact) mass is 240 g/mol. The fourth-order valence-corrected chi connectivity index (χ4v) is 1.87. The van der Waals surface area contributed by atoms with Crippen molar-refractivity contribution in [2.75, 3.05) is 11.6 Å². The molecule has 0 aliphatic carbocycles. The third-order valence-electron chi connectivity index (χ3n) is 1.77. The minimum atomic E-state index is 0.357. The van der Waals surface area contributed by atoms with Crippen molar-refractivity contribution in [3.63, 3.8) is 0 Å². The Morgan fingerprint density at radius 3 is 2.33 bits per heavy atom. The van der Waals surface area contributed by atoms with Gasteiger partial charge in [-0.25, -0.2) is 0 Å². The number of hydrogen-bond donors (Lipinski definition) is 2. The predicted molar refractivity (Wildman–Crippen MR) is 72.7 cm³/mol. The van der Waals surface area contributed by atoms with Crippen LogP contribution in [0.1, 0.15) is 13.8 Å². The number of hydrogen-bond acceptors (Lipinski definition) is 2. The van der Waals surface area contributed by atoms with Crippen LogP contribution >= 0.6 is 24.0 Å². The minimum Gasteiger partial charge on any atom is -0.360 e. The zero-order chi connectivity index (χ0) is 11.3. The van der Waals surface area contributed by atoms with E-state index < -0.39 is 0 Å². The molecule has 4 heteroatoms. The van der Waals surface area contributed by atoms with Gasteiger partial charge in [-0.1, -0.05) is 0 Å². The van der Waals surface area contributed by atoms with E-state index in [0.717, 1.165) is 5.69 Å². The molecular weight excluding hydrogens is 224 g/mol. The van der Waals surface area contributed by atoms with Gasteiger partial charge in [0, 0.05) is 16.6 Å². The summed E-state index contributed by atoms with van der Waals surface area (Å²) in [6.07, 6.45) is 2.06. The highest BCUT2D eigenvalue weighted by Crippen LogP contribution is 2.17. The molecule has 0 atom stereocenters. The second-order valence-electron chi connectivity index (χ2n) is 3.48. The Morgan fingerprint density at radius 1 is 1.27 bits per heavy atom. The van der Waals surface area contributed by atoms with E-state index in [1.807, 2.05) is 12.1 Å². The van der Waals surface area contributed by atoms with Gasteiger partial charge in [0.2, 0.25) is 0 Å². The second kappa shape index (κ2) is 5.98. The molecule has 0 aromatic heterocycles. The third-order valence-corrected chi connectivity index (χ3v) is 2.73. The van der Waals surface area contributed by atoms with Gasteiger partial charge in [-0.05, 0) is 56.6 Å². The third kappa shape index (κ3) is 4.53. The minimum absolute atomic E-state index is 0.357. The molecule has 1 aromatic carbocycles. The number of anilines is 1. The van der Waals surface area contributed by atoms with E-state index in [0.29, 0.717) is 11.2 Å². The maximum Gasteiger partial charge on any atom is 0.170 e. The molecule has 1 aromatic rings. The maximum absolute atomic E-state index is 5.15. The topological polar surface area (TPSA) is 24.1 Å². The number of nitrogens with one attached hydrogen (secondary N) is 2. The molecule has 0 heterocycles. The lowest BCUT2D eigenvalue weighted by Crippen LogP contribution is -2.33. The zero-order valence-corrected chi connectivity index (χ0v) is 10.8. The SMILES string of the molecule is CSc1ccc(NC(=S)NC(C)C)cc1. The molecular formula is C11H16N2S2. The molecule has 0 amide bonds. The quantitative estimate of drug-likeness (QED) is 0.626. The van der Waals surface area contributed by atoms with Crippen molar-refractivity contribution in [3.8, 4) is 0 Å². The fraction of sp³-hybridized carbons (Fsp3) is 0.364. The molecule has 0 fully saturated rings. The normalized spacial score (nSPS) is 10.1. The molecule has 0 saturated carbocycles. The summed E-state index contributed by atoms with van der Waals surface area (Å²) in [5.74, 6) is 0. The largest absolute Gasteiger partial charge is 0.360 e. The van der Waals surface area contributed by atoms with Crippen molar-refractivity contribution in [1.29, 1.82) is 0 Å². The molecule has 2 nitrogen and oxygen atoms in total. The Morgan fingerprint density at radius 2 is 1.87 bits per heavy atom. The van der Waals surface area contributed by atoms with Crippen LogP contribution in [0, 0.1) is 0 Å². The van der Waals surface area contributed by atoms with E-state index in [2.05, 4.69) is 42.9 Å². The molecule has 0 radical (unpaired) electrons. The number of thiocarbonyl (C=S) groups is 1. The van der Waals surface area contributed by atoms with Gasteiger partial charge in [0.1, 0.15) is 0 Å². The predicted octanol–water partition coefficient (Wildman–Crippen LogP) is 3.10.